The van der Waals surface area contributed by atoms with Gasteiger partial charge in [0.05, 0.1) is 0 Å². The normalized spacial score (nSPS) is 9.80. The first-order valence-electron chi connectivity index (χ1n) is 5.06. The molecule has 0 aliphatic rings. The fourth-order valence-corrected chi connectivity index (χ4v) is 1.19. The average Bonchev–Trinajstić information content (AvgIpc) is 2.15. The van der Waals surface area contributed by atoms with E-state index in [0.29, 0.717) is 26.2 Å². The molecule has 0 fully saturated rings. The van der Waals surface area contributed by atoms with Crippen LogP contribution in [-0.4, -0.2) is 50.1 Å². The Kier molecular flexibility index (Phi) is 7.62. The Morgan fingerprint density at radius 3 is 2.40 bits per heavy atom. The third-order valence-electron chi connectivity index (χ3n) is 1.98. The van der Waals surface area contributed by atoms with Crippen molar-refractivity contribution >= 4 is 11.8 Å². The number of carbonyl (C=O) groups is 2. The van der Waals surface area contributed by atoms with Crippen LogP contribution in [0.4, 0.5) is 0 Å². The van der Waals surface area contributed by atoms with Crippen LogP contribution in [0.1, 0.15) is 20.3 Å². The highest BCUT2D eigenvalue weighted by atomic mass is 16.5. The van der Waals surface area contributed by atoms with Crippen LogP contribution < -0.4 is 5.32 Å². The molecule has 2 amide bonds. The van der Waals surface area contributed by atoms with Crippen molar-refractivity contribution in [3.05, 3.63) is 0 Å². The Morgan fingerprint density at radius 2 is 1.93 bits per heavy atom. The van der Waals surface area contributed by atoms with Gasteiger partial charge in [0.2, 0.25) is 11.8 Å². The minimum absolute atomic E-state index is 0.0245. The zero-order valence-corrected chi connectivity index (χ0v) is 9.71. The van der Waals surface area contributed by atoms with Gasteiger partial charge < -0.3 is 15.0 Å². The summed E-state index contributed by atoms with van der Waals surface area (Å²) in [5.41, 5.74) is 0. The van der Waals surface area contributed by atoms with E-state index in [4.69, 9.17) is 4.74 Å². The number of hydrogen-bond acceptors (Lipinski definition) is 3. The summed E-state index contributed by atoms with van der Waals surface area (Å²) in [4.78, 5) is 23.5. The highest BCUT2D eigenvalue weighted by Crippen LogP contribution is 1.92. The number of rotatable bonds is 7. The maximum atomic E-state index is 11.2. The minimum atomic E-state index is -0.0737. The predicted octanol–water partition coefficient (Wildman–Crippen LogP) is 0.00750. The molecule has 0 saturated heterocycles. The average molecular weight is 216 g/mol. The molecule has 0 bridgehead atoms. The lowest BCUT2D eigenvalue weighted by Gasteiger charge is -2.20. The van der Waals surface area contributed by atoms with Gasteiger partial charge in [0.15, 0.2) is 0 Å². The maximum absolute atomic E-state index is 11.2. The zero-order valence-electron chi connectivity index (χ0n) is 9.71. The van der Waals surface area contributed by atoms with Crippen molar-refractivity contribution in [1.29, 1.82) is 0 Å². The van der Waals surface area contributed by atoms with E-state index in [1.54, 1.807) is 12.0 Å². The van der Waals surface area contributed by atoms with Crippen LogP contribution in [0.2, 0.25) is 0 Å². The molecular weight excluding hydrogens is 196 g/mol. The summed E-state index contributed by atoms with van der Waals surface area (Å²) in [6, 6.07) is 0. The van der Waals surface area contributed by atoms with Gasteiger partial charge >= 0.3 is 0 Å². The first-order valence-corrected chi connectivity index (χ1v) is 5.06. The molecule has 88 valence electrons. The second-order valence-corrected chi connectivity index (χ2v) is 3.34. The van der Waals surface area contributed by atoms with Gasteiger partial charge in [0, 0.05) is 47.2 Å². The third kappa shape index (κ3) is 7.93. The number of carbonyl (C=O) groups excluding carboxylic acids is 2. The van der Waals surface area contributed by atoms with E-state index < -0.39 is 0 Å². The van der Waals surface area contributed by atoms with Gasteiger partial charge in [-0.15, -0.1) is 0 Å². The molecule has 0 aliphatic carbocycles. The minimum Gasteiger partial charge on any atom is -0.385 e. The van der Waals surface area contributed by atoms with Crippen LogP contribution in [0.3, 0.4) is 0 Å². The zero-order chi connectivity index (χ0) is 11.7. The summed E-state index contributed by atoms with van der Waals surface area (Å²) >= 11 is 0. The van der Waals surface area contributed by atoms with E-state index in [-0.39, 0.29) is 11.8 Å². The summed E-state index contributed by atoms with van der Waals surface area (Å²) in [6.45, 7) is 5.36. The van der Waals surface area contributed by atoms with Gasteiger partial charge in [-0.2, -0.15) is 0 Å². The SMILES string of the molecule is COCCCN(CCNC(C)=O)C(C)=O. The summed E-state index contributed by atoms with van der Waals surface area (Å²) in [5.74, 6) is -0.0492. The maximum Gasteiger partial charge on any atom is 0.219 e. The first kappa shape index (κ1) is 13.9. The lowest BCUT2D eigenvalue weighted by atomic mass is 10.3. The van der Waals surface area contributed by atoms with E-state index in [1.165, 1.54) is 13.8 Å². The van der Waals surface area contributed by atoms with Crippen LogP contribution in [-0.2, 0) is 14.3 Å². The molecule has 0 saturated carbocycles. The van der Waals surface area contributed by atoms with Crippen molar-refractivity contribution in [2.24, 2.45) is 0 Å². The van der Waals surface area contributed by atoms with E-state index in [2.05, 4.69) is 5.32 Å². The number of methoxy groups -OCH3 is 1. The molecule has 15 heavy (non-hydrogen) atoms. The largest absolute Gasteiger partial charge is 0.385 e. The van der Waals surface area contributed by atoms with Crippen molar-refractivity contribution < 1.29 is 14.3 Å². The van der Waals surface area contributed by atoms with E-state index in [9.17, 15) is 9.59 Å². The number of amides is 2. The summed E-state index contributed by atoms with van der Waals surface area (Å²) < 4.78 is 4.91. The molecule has 0 unspecified atom stereocenters. The standard InChI is InChI=1S/C10H20N2O3/c1-9(13)11-5-7-12(10(2)14)6-4-8-15-3/h4-8H2,1-3H3,(H,11,13). The Bertz CT molecular complexity index is 207. The molecule has 0 aliphatic heterocycles. The van der Waals surface area contributed by atoms with Gasteiger partial charge in [0.1, 0.15) is 0 Å². The van der Waals surface area contributed by atoms with Crippen LogP contribution in [0.5, 0.6) is 0 Å². The van der Waals surface area contributed by atoms with Crippen LogP contribution >= 0.6 is 0 Å². The molecule has 0 radical (unpaired) electrons. The third-order valence-corrected chi connectivity index (χ3v) is 1.98. The molecule has 0 atom stereocenters. The van der Waals surface area contributed by atoms with Crippen molar-refractivity contribution in [1.82, 2.24) is 10.2 Å². The number of nitrogens with one attached hydrogen (secondary N) is 1. The molecule has 5 nitrogen and oxygen atoms in total. The quantitative estimate of drug-likeness (QED) is 0.610. The second-order valence-electron chi connectivity index (χ2n) is 3.34. The van der Waals surface area contributed by atoms with Gasteiger partial charge in [-0.25, -0.2) is 0 Å². The molecular formula is C10H20N2O3. The number of hydrogen-bond donors (Lipinski definition) is 1. The molecule has 1 N–H and O–H groups in total. The van der Waals surface area contributed by atoms with Crippen LogP contribution in [0.25, 0.3) is 0 Å². The van der Waals surface area contributed by atoms with E-state index >= 15 is 0 Å². The summed E-state index contributed by atoms with van der Waals surface area (Å²) in [6.07, 6.45) is 0.816. The van der Waals surface area contributed by atoms with Crippen molar-refractivity contribution in [2.75, 3.05) is 33.4 Å². The predicted molar refractivity (Wildman–Crippen MR) is 57.4 cm³/mol. The Morgan fingerprint density at radius 1 is 1.27 bits per heavy atom. The first-order chi connectivity index (χ1) is 7.07. The molecule has 0 heterocycles. The fraction of sp³-hybridized carbons (Fsp3) is 0.800. The molecule has 5 heteroatoms. The Hall–Kier alpha value is -1.10. The second kappa shape index (κ2) is 8.23. The smallest absolute Gasteiger partial charge is 0.219 e. The lowest BCUT2D eigenvalue weighted by molar-refractivity contribution is -0.129. The van der Waals surface area contributed by atoms with E-state index in [1.807, 2.05) is 0 Å². The van der Waals surface area contributed by atoms with Crippen LogP contribution in [0, 0.1) is 0 Å². The van der Waals surface area contributed by atoms with Crippen molar-refractivity contribution in [3.8, 4) is 0 Å². The van der Waals surface area contributed by atoms with Gasteiger partial charge in [-0.05, 0) is 6.42 Å². The monoisotopic (exact) mass is 216 g/mol. The van der Waals surface area contributed by atoms with Crippen molar-refractivity contribution in [2.45, 2.75) is 20.3 Å². The molecule has 0 spiro atoms. The van der Waals surface area contributed by atoms with E-state index in [0.717, 1.165) is 6.42 Å². The molecule has 0 aromatic carbocycles. The van der Waals surface area contributed by atoms with Gasteiger partial charge in [0.25, 0.3) is 0 Å². The number of ether oxygens (including phenoxy) is 1. The topological polar surface area (TPSA) is 58.6 Å². The lowest BCUT2D eigenvalue weighted by Crippen LogP contribution is -2.37. The summed E-state index contributed by atoms with van der Waals surface area (Å²) in [5, 5.41) is 2.66. The summed E-state index contributed by atoms with van der Waals surface area (Å²) in [7, 11) is 1.63. The Labute approximate surface area is 90.8 Å². The van der Waals surface area contributed by atoms with Gasteiger partial charge in [-0.1, -0.05) is 0 Å². The number of nitrogens with zero attached hydrogens (tertiary/aromatic N) is 1. The molecule has 0 aromatic heterocycles. The Balaban J connectivity index is 3.73. The van der Waals surface area contributed by atoms with Gasteiger partial charge in [-0.3, -0.25) is 9.59 Å². The highest BCUT2D eigenvalue weighted by molar-refractivity contribution is 5.74. The molecule has 0 rings (SSSR count). The highest BCUT2D eigenvalue weighted by Gasteiger charge is 2.07. The van der Waals surface area contributed by atoms with Crippen molar-refractivity contribution in [3.63, 3.8) is 0 Å². The van der Waals surface area contributed by atoms with Crippen LogP contribution in [0.15, 0.2) is 0 Å². The fourth-order valence-electron chi connectivity index (χ4n) is 1.19. The molecule has 0 aromatic rings.